The summed E-state index contributed by atoms with van der Waals surface area (Å²) in [4.78, 5) is 5.06. The van der Waals surface area contributed by atoms with Gasteiger partial charge in [-0.3, -0.25) is 4.98 Å². The number of rotatable bonds is 4. The number of hydrogen-bond donors (Lipinski definition) is 0. The van der Waals surface area contributed by atoms with E-state index in [-0.39, 0.29) is 0 Å². The molecule has 1 aliphatic rings. The molecule has 0 N–H and O–H groups in total. The lowest BCUT2D eigenvalue weighted by Gasteiger charge is -2.10. The topological polar surface area (TPSA) is 22.8 Å². The Morgan fingerprint density at radius 1 is 0.315 bits per heavy atom. The Bertz CT molecular complexity index is 3310. The van der Waals surface area contributed by atoms with E-state index < -0.39 is 0 Å². The number of benzene rings is 8. The van der Waals surface area contributed by atoms with Crippen molar-refractivity contribution in [3.8, 4) is 55.9 Å². The maximum atomic E-state index is 5.06. The summed E-state index contributed by atoms with van der Waals surface area (Å²) in [6, 6.07) is 66.3. The smallest absolute Gasteiger partial charge is 0.0792 e. The van der Waals surface area contributed by atoms with Crippen molar-refractivity contribution in [3.05, 3.63) is 188 Å². The fourth-order valence-corrected chi connectivity index (χ4v) is 9.13. The summed E-state index contributed by atoms with van der Waals surface area (Å²) in [5.74, 6) is 0. The van der Waals surface area contributed by atoms with Crippen LogP contribution in [0.25, 0.3) is 110 Å². The summed E-state index contributed by atoms with van der Waals surface area (Å²) >= 11 is 0. The lowest BCUT2D eigenvalue weighted by atomic mass is 9.96. The normalized spacial score (nSPS) is 12.1. The molecule has 54 heavy (non-hydrogen) atoms. The van der Waals surface area contributed by atoms with Crippen LogP contribution < -0.4 is 0 Å². The lowest BCUT2D eigenvalue weighted by molar-refractivity contribution is 1.18. The molecule has 0 radical (unpaired) electrons. The molecule has 8 aromatic carbocycles. The van der Waals surface area contributed by atoms with E-state index >= 15 is 0 Å². The molecule has 3 aromatic heterocycles. The molecular weight excluding hydrogens is 655 g/mol. The molecule has 11 aromatic rings. The van der Waals surface area contributed by atoms with Gasteiger partial charge in [0.05, 0.1) is 27.6 Å². The first kappa shape index (κ1) is 29.4. The van der Waals surface area contributed by atoms with Crippen LogP contribution >= 0.6 is 0 Å². The van der Waals surface area contributed by atoms with E-state index in [1.807, 2.05) is 6.20 Å². The first-order valence-corrected chi connectivity index (χ1v) is 18.5. The van der Waals surface area contributed by atoms with Gasteiger partial charge in [-0.25, -0.2) is 0 Å². The maximum absolute atomic E-state index is 5.06. The summed E-state index contributed by atoms with van der Waals surface area (Å²) in [6.07, 6.45) is 1.98. The number of pyridine rings is 1. The van der Waals surface area contributed by atoms with Gasteiger partial charge in [-0.2, -0.15) is 0 Å². The monoisotopic (exact) mass is 685 g/mol. The Balaban J connectivity index is 0.992. The average Bonchev–Trinajstić information content (AvgIpc) is 3.87. The molecular formula is C51H31N3. The van der Waals surface area contributed by atoms with Crippen molar-refractivity contribution in [2.24, 2.45) is 0 Å². The molecule has 0 amide bonds. The second-order valence-electron chi connectivity index (χ2n) is 14.3. The maximum Gasteiger partial charge on any atom is 0.0792 e. The molecule has 0 saturated heterocycles. The van der Waals surface area contributed by atoms with Gasteiger partial charge in [0.2, 0.25) is 0 Å². The number of hydrogen-bond acceptors (Lipinski definition) is 1. The molecule has 3 heterocycles. The largest absolute Gasteiger partial charge is 0.309 e. The van der Waals surface area contributed by atoms with Crippen molar-refractivity contribution in [2.75, 3.05) is 0 Å². The van der Waals surface area contributed by atoms with Crippen molar-refractivity contribution >= 4 is 54.5 Å². The first-order valence-electron chi connectivity index (χ1n) is 18.5. The third kappa shape index (κ3) is 4.09. The van der Waals surface area contributed by atoms with Crippen molar-refractivity contribution in [1.82, 2.24) is 14.1 Å². The van der Waals surface area contributed by atoms with Crippen molar-refractivity contribution in [1.29, 1.82) is 0 Å². The van der Waals surface area contributed by atoms with Gasteiger partial charge in [-0.05, 0) is 112 Å². The number of aromatic nitrogens is 3. The van der Waals surface area contributed by atoms with Crippen LogP contribution in [0.3, 0.4) is 0 Å². The highest BCUT2D eigenvalue weighted by molar-refractivity contribution is 6.19. The Morgan fingerprint density at radius 3 is 1.46 bits per heavy atom. The zero-order valence-electron chi connectivity index (χ0n) is 29.2. The minimum atomic E-state index is 1.05. The molecule has 12 rings (SSSR count). The van der Waals surface area contributed by atoms with Crippen molar-refractivity contribution < 1.29 is 0 Å². The average molecular weight is 686 g/mol. The predicted octanol–water partition coefficient (Wildman–Crippen LogP) is 13.4. The third-order valence-corrected chi connectivity index (χ3v) is 11.5. The highest BCUT2D eigenvalue weighted by Gasteiger charge is 2.25. The highest BCUT2D eigenvalue weighted by Crippen LogP contribution is 2.50. The standard InChI is InChI=1S/C51H31N3/c1-3-11-35(12-4-1)53-46-17-9-7-15-39(46)44-30-33(20-25-48(44)53)32-19-22-38-41-24-23-37(51-50(41)42(27-28-52-51)43(38)29-32)34-21-26-49-45(31-34)40-16-8-10-18-47(40)54(49)36-13-5-2-6-14-36/h1-31H. The summed E-state index contributed by atoms with van der Waals surface area (Å²) in [7, 11) is 0. The van der Waals surface area contributed by atoms with Gasteiger partial charge in [-0.15, -0.1) is 0 Å². The summed E-state index contributed by atoms with van der Waals surface area (Å²) in [6.45, 7) is 0. The summed E-state index contributed by atoms with van der Waals surface area (Å²) < 4.78 is 4.74. The van der Waals surface area contributed by atoms with Crippen LogP contribution in [0.5, 0.6) is 0 Å². The van der Waals surface area contributed by atoms with Gasteiger partial charge >= 0.3 is 0 Å². The van der Waals surface area contributed by atoms with E-state index in [9.17, 15) is 0 Å². The van der Waals surface area contributed by atoms with E-state index in [4.69, 9.17) is 4.98 Å². The Labute approximate surface area is 311 Å². The zero-order valence-corrected chi connectivity index (χ0v) is 29.2. The van der Waals surface area contributed by atoms with E-state index in [0.29, 0.717) is 0 Å². The zero-order chi connectivity index (χ0) is 35.3. The van der Waals surface area contributed by atoms with Gasteiger partial charge in [0.25, 0.3) is 0 Å². The molecule has 0 spiro atoms. The van der Waals surface area contributed by atoms with Gasteiger partial charge in [0, 0.05) is 50.1 Å². The first-order chi connectivity index (χ1) is 26.8. The van der Waals surface area contributed by atoms with Gasteiger partial charge < -0.3 is 9.13 Å². The fraction of sp³-hybridized carbons (Fsp3) is 0. The van der Waals surface area contributed by atoms with Crippen molar-refractivity contribution in [2.45, 2.75) is 0 Å². The number of fused-ring (bicyclic) bond motifs is 9. The molecule has 0 unspecified atom stereocenters. The quantitative estimate of drug-likeness (QED) is 0.181. The van der Waals surface area contributed by atoms with Crippen LogP contribution in [-0.4, -0.2) is 14.1 Å². The molecule has 0 aliphatic heterocycles. The number of nitrogens with zero attached hydrogens (tertiary/aromatic N) is 3. The van der Waals surface area contributed by atoms with Gasteiger partial charge in [-0.1, -0.05) is 109 Å². The van der Waals surface area contributed by atoms with Gasteiger partial charge in [0.1, 0.15) is 0 Å². The summed E-state index contributed by atoms with van der Waals surface area (Å²) in [5.41, 5.74) is 18.0. The van der Waals surface area contributed by atoms with Gasteiger partial charge in [0.15, 0.2) is 0 Å². The van der Waals surface area contributed by atoms with E-state index in [0.717, 1.165) is 11.1 Å². The van der Waals surface area contributed by atoms with Crippen LogP contribution in [-0.2, 0) is 0 Å². The minimum absolute atomic E-state index is 1.05. The second-order valence-corrected chi connectivity index (χ2v) is 14.3. The lowest BCUT2D eigenvalue weighted by Crippen LogP contribution is -1.93. The van der Waals surface area contributed by atoms with Crippen LogP contribution in [0.15, 0.2) is 188 Å². The third-order valence-electron chi connectivity index (χ3n) is 11.5. The van der Waals surface area contributed by atoms with E-state index in [1.165, 1.54) is 99.3 Å². The second kappa shape index (κ2) is 11.1. The minimum Gasteiger partial charge on any atom is -0.309 e. The van der Waals surface area contributed by atoms with Crippen LogP contribution in [0.2, 0.25) is 0 Å². The predicted molar refractivity (Wildman–Crippen MR) is 226 cm³/mol. The molecule has 1 aliphatic carbocycles. The Hall–Kier alpha value is -7.23. The summed E-state index contributed by atoms with van der Waals surface area (Å²) in [5, 5.41) is 6.25. The molecule has 0 bridgehead atoms. The Kier molecular flexibility index (Phi) is 6.05. The van der Waals surface area contributed by atoms with Crippen LogP contribution in [0, 0.1) is 0 Å². The molecule has 3 heteroatoms. The molecule has 250 valence electrons. The molecule has 0 atom stereocenters. The van der Waals surface area contributed by atoms with Crippen LogP contribution in [0.4, 0.5) is 0 Å². The number of para-hydroxylation sites is 4. The SMILES string of the molecule is c1ccc(-n2c3ccccc3c3cc(-c4ccc5c(c4)-c4ccnc6c(-c7ccc8c(c7)c7ccccc7n8-c7ccccc7)ccc-5c46)ccc32)cc1. The van der Waals surface area contributed by atoms with E-state index in [1.54, 1.807) is 0 Å². The van der Waals surface area contributed by atoms with Crippen LogP contribution in [0.1, 0.15) is 0 Å². The van der Waals surface area contributed by atoms with Crippen molar-refractivity contribution in [3.63, 3.8) is 0 Å². The molecule has 3 nitrogen and oxygen atoms in total. The Morgan fingerprint density at radius 2 is 0.796 bits per heavy atom. The van der Waals surface area contributed by atoms with E-state index in [2.05, 4.69) is 191 Å². The highest BCUT2D eigenvalue weighted by atomic mass is 15.0. The fourth-order valence-electron chi connectivity index (χ4n) is 9.13. The molecule has 0 fully saturated rings. The molecule has 0 saturated carbocycles.